The van der Waals surface area contributed by atoms with Crippen LogP contribution in [0, 0.1) is 13.8 Å². The van der Waals surface area contributed by atoms with E-state index in [1.807, 2.05) is 52.0 Å². The molecule has 158 valence electrons. The molecule has 7 heteroatoms. The number of sulfone groups is 1. The third-order valence-electron chi connectivity index (χ3n) is 4.40. The Balaban J connectivity index is 2.06. The quantitative estimate of drug-likeness (QED) is 0.509. The Bertz CT molecular complexity index is 969. The lowest BCUT2D eigenvalue weighted by Crippen LogP contribution is -2.36. The minimum absolute atomic E-state index is 0.368. The van der Waals surface area contributed by atoms with Gasteiger partial charge < -0.3 is 15.4 Å². The van der Waals surface area contributed by atoms with E-state index >= 15 is 0 Å². The summed E-state index contributed by atoms with van der Waals surface area (Å²) in [6.07, 6.45) is 1.23. The zero-order valence-electron chi connectivity index (χ0n) is 17.9. The molecule has 0 bridgehead atoms. The van der Waals surface area contributed by atoms with Gasteiger partial charge in [-0.2, -0.15) is 0 Å². The topological polar surface area (TPSA) is 79.8 Å². The van der Waals surface area contributed by atoms with Crippen molar-refractivity contribution < 1.29 is 13.2 Å². The summed E-state index contributed by atoms with van der Waals surface area (Å²) in [6.45, 7) is 10.3. The Kier molecular flexibility index (Phi) is 8.08. The van der Waals surface area contributed by atoms with Gasteiger partial charge in [-0.15, -0.1) is 0 Å². The first-order valence-corrected chi connectivity index (χ1v) is 11.7. The van der Waals surface area contributed by atoms with Crippen molar-refractivity contribution in [1.82, 2.24) is 10.6 Å². The summed E-state index contributed by atoms with van der Waals surface area (Å²) in [5.41, 5.74) is 3.95. The molecule has 2 rings (SSSR count). The molecule has 2 aromatic rings. The Hall–Kier alpha value is -2.54. The second-order valence-corrected chi connectivity index (χ2v) is 8.94. The number of nitrogens with zero attached hydrogens (tertiary/aromatic N) is 1. The average Bonchev–Trinajstić information content (AvgIpc) is 2.65. The van der Waals surface area contributed by atoms with Crippen molar-refractivity contribution in [3.8, 4) is 5.75 Å². The van der Waals surface area contributed by atoms with E-state index in [1.54, 1.807) is 6.07 Å². The molecule has 0 radical (unpaired) electrons. The van der Waals surface area contributed by atoms with Crippen molar-refractivity contribution in [3.63, 3.8) is 0 Å². The SMILES string of the molecule is CCNC(=NCc1ccc(OCC)c(C)c1)NCc1ccc(S(C)(=O)=O)c(C)c1. The molecule has 2 N–H and O–H groups in total. The highest BCUT2D eigenvalue weighted by atomic mass is 32.2. The minimum Gasteiger partial charge on any atom is -0.494 e. The van der Waals surface area contributed by atoms with Crippen LogP contribution in [0.25, 0.3) is 0 Å². The average molecular weight is 418 g/mol. The number of benzene rings is 2. The molecule has 29 heavy (non-hydrogen) atoms. The van der Waals surface area contributed by atoms with Crippen LogP contribution in [0.2, 0.25) is 0 Å². The molecule has 0 aliphatic rings. The lowest BCUT2D eigenvalue weighted by molar-refractivity contribution is 0.338. The summed E-state index contributed by atoms with van der Waals surface area (Å²) < 4.78 is 29.1. The van der Waals surface area contributed by atoms with E-state index in [9.17, 15) is 8.42 Å². The Morgan fingerprint density at radius 2 is 1.69 bits per heavy atom. The number of hydrogen-bond donors (Lipinski definition) is 2. The highest BCUT2D eigenvalue weighted by Gasteiger charge is 2.11. The Morgan fingerprint density at radius 1 is 1.00 bits per heavy atom. The standard InChI is InChI=1S/C22H31N3O3S/c1-6-23-22(24-14-18-8-10-20(28-7-2)16(3)12-18)25-15-19-9-11-21(17(4)13-19)29(5,26)27/h8-13H,6-7,14-15H2,1-5H3,(H2,23,24,25). The first-order chi connectivity index (χ1) is 13.7. The molecule has 0 fully saturated rings. The predicted octanol–water partition coefficient (Wildman–Crippen LogP) is 3.36. The number of nitrogens with one attached hydrogen (secondary N) is 2. The molecule has 0 saturated heterocycles. The fourth-order valence-corrected chi connectivity index (χ4v) is 4.02. The molecule has 0 heterocycles. The summed E-state index contributed by atoms with van der Waals surface area (Å²) in [7, 11) is -3.21. The number of aliphatic imine (C=N–C) groups is 1. The molecule has 0 aliphatic heterocycles. The molecule has 0 spiro atoms. The van der Waals surface area contributed by atoms with Crippen LogP contribution in [0.5, 0.6) is 5.75 Å². The smallest absolute Gasteiger partial charge is 0.191 e. The monoisotopic (exact) mass is 417 g/mol. The van der Waals surface area contributed by atoms with E-state index < -0.39 is 9.84 Å². The van der Waals surface area contributed by atoms with Gasteiger partial charge in [0.25, 0.3) is 0 Å². The second kappa shape index (κ2) is 10.3. The molecule has 0 aliphatic carbocycles. The third-order valence-corrected chi connectivity index (χ3v) is 5.66. The second-order valence-electron chi connectivity index (χ2n) is 6.95. The van der Waals surface area contributed by atoms with Crippen LogP contribution >= 0.6 is 0 Å². The van der Waals surface area contributed by atoms with Crippen LogP contribution in [0.15, 0.2) is 46.3 Å². The van der Waals surface area contributed by atoms with Crippen LogP contribution in [0.3, 0.4) is 0 Å². The van der Waals surface area contributed by atoms with Gasteiger partial charge in [-0.1, -0.05) is 24.3 Å². The highest BCUT2D eigenvalue weighted by Crippen LogP contribution is 2.19. The highest BCUT2D eigenvalue weighted by molar-refractivity contribution is 7.90. The minimum atomic E-state index is -3.21. The molecule has 0 amide bonds. The van der Waals surface area contributed by atoms with Crippen molar-refractivity contribution in [1.29, 1.82) is 0 Å². The molecular weight excluding hydrogens is 386 g/mol. The maximum absolute atomic E-state index is 11.8. The zero-order valence-corrected chi connectivity index (χ0v) is 18.7. The third kappa shape index (κ3) is 6.78. The van der Waals surface area contributed by atoms with E-state index in [0.29, 0.717) is 30.6 Å². The van der Waals surface area contributed by atoms with Gasteiger partial charge in [-0.25, -0.2) is 13.4 Å². The first-order valence-electron chi connectivity index (χ1n) is 9.78. The lowest BCUT2D eigenvalue weighted by atomic mass is 10.1. The summed E-state index contributed by atoms with van der Waals surface area (Å²) in [4.78, 5) is 5.02. The number of hydrogen-bond acceptors (Lipinski definition) is 4. The molecule has 0 saturated carbocycles. The summed E-state index contributed by atoms with van der Waals surface area (Å²) in [6, 6.07) is 11.5. The van der Waals surface area contributed by atoms with E-state index in [0.717, 1.165) is 34.5 Å². The van der Waals surface area contributed by atoms with Gasteiger partial charge in [-0.05, 0) is 62.1 Å². The summed E-state index contributed by atoms with van der Waals surface area (Å²) >= 11 is 0. The van der Waals surface area contributed by atoms with Crippen LogP contribution in [0.1, 0.15) is 36.1 Å². The zero-order chi connectivity index (χ0) is 21.4. The predicted molar refractivity (Wildman–Crippen MR) is 118 cm³/mol. The van der Waals surface area contributed by atoms with E-state index in [4.69, 9.17) is 4.74 Å². The lowest BCUT2D eigenvalue weighted by Gasteiger charge is -2.13. The molecule has 0 aromatic heterocycles. The molecule has 6 nitrogen and oxygen atoms in total. The van der Waals surface area contributed by atoms with Crippen molar-refractivity contribution in [3.05, 3.63) is 58.7 Å². The normalized spacial score (nSPS) is 12.0. The Labute approximate surface area is 174 Å². The van der Waals surface area contributed by atoms with Crippen LogP contribution in [-0.4, -0.2) is 33.8 Å². The van der Waals surface area contributed by atoms with Gasteiger partial charge in [0, 0.05) is 19.3 Å². The van der Waals surface area contributed by atoms with Crippen molar-refractivity contribution >= 4 is 15.8 Å². The summed E-state index contributed by atoms with van der Waals surface area (Å²) in [5.74, 6) is 1.61. The number of aryl methyl sites for hydroxylation is 2. The fourth-order valence-electron chi connectivity index (χ4n) is 3.06. The van der Waals surface area contributed by atoms with Gasteiger partial charge in [0.05, 0.1) is 18.0 Å². The first kappa shape index (κ1) is 22.7. The Morgan fingerprint density at radius 3 is 2.28 bits per heavy atom. The maximum atomic E-state index is 11.8. The fraction of sp³-hybridized carbons (Fsp3) is 0.409. The van der Waals surface area contributed by atoms with Crippen molar-refractivity contribution in [2.24, 2.45) is 4.99 Å². The molecule has 2 aromatic carbocycles. The summed E-state index contributed by atoms with van der Waals surface area (Å²) in [5, 5.41) is 6.54. The number of guanidine groups is 1. The molecule has 0 unspecified atom stereocenters. The number of rotatable bonds is 8. The number of ether oxygens (including phenoxy) is 1. The van der Waals surface area contributed by atoms with Crippen LogP contribution in [0.4, 0.5) is 0 Å². The van der Waals surface area contributed by atoms with Gasteiger partial charge in [0.15, 0.2) is 15.8 Å². The van der Waals surface area contributed by atoms with Crippen LogP contribution in [-0.2, 0) is 22.9 Å². The van der Waals surface area contributed by atoms with Gasteiger partial charge >= 0.3 is 0 Å². The van der Waals surface area contributed by atoms with E-state index in [-0.39, 0.29) is 0 Å². The van der Waals surface area contributed by atoms with Crippen LogP contribution < -0.4 is 15.4 Å². The largest absolute Gasteiger partial charge is 0.494 e. The van der Waals surface area contributed by atoms with Gasteiger partial charge in [-0.3, -0.25) is 0 Å². The van der Waals surface area contributed by atoms with Gasteiger partial charge in [0.2, 0.25) is 0 Å². The maximum Gasteiger partial charge on any atom is 0.191 e. The van der Waals surface area contributed by atoms with Crippen molar-refractivity contribution in [2.45, 2.75) is 45.7 Å². The van der Waals surface area contributed by atoms with E-state index in [2.05, 4.69) is 21.7 Å². The molecular formula is C22H31N3O3S. The van der Waals surface area contributed by atoms with Gasteiger partial charge in [0.1, 0.15) is 5.75 Å². The van der Waals surface area contributed by atoms with E-state index in [1.165, 1.54) is 6.26 Å². The molecule has 0 atom stereocenters. The van der Waals surface area contributed by atoms with Crippen molar-refractivity contribution in [2.75, 3.05) is 19.4 Å².